The predicted octanol–water partition coefficient (Wildman–Crippen LogP) is 4.25. The predicted molar refractivity (Wildman–Crippen MR) is 62.2 cm³/mol. The maximum absolute atomic E-state index is 13.5. The average molecular weight is 240 g/mol. The molecule has 0 bridgehead atoms. The van der Waals surface area contributed by atoms with Crippen LogP contribution in [0.4, 0.5) is 10.1 Å². The van der Waals surface area contributed by atoms with Gasteiger partial charge >= 0.3 is 0 Å². The van der Waals surface area contributed by atoms with Crippen LogP contribution in [-0.4, -0.2) is 0 Å². The summed E-state index contributed by atoms with van der Waals surface area (Å²) in [6, 6.07) is 6.36. The minimum Gasteiger partial charge on any atom is -0.472 e. The van der Waals surface area contributed by atoms with Gasteiger partial charge in [-0.1, -0.05) is 17.7 Å². The topological polar surface area (TPSA) is 25.2 Å². The van der Waals surface area contributed by atoms with Crippen molar-refractivity contribution >= 4 is 17.3 Å². The molecule has 0 saturated carbocycles. The van der Waals surface area contributed by atoms with Crippen molar-refractivity contribution in [1.82, 2.24) is 0 Å². The standard InChI is InChI=1S/C12H11ClFNO/c1-8(9-5-6-16-7-9)15-12-10(13)3-2-4-11(12)14/h2-8,15H,1H3. The number of nitrogens with one attached hydrogen (secondary N) is 1. The van der Waals surface area contributed by atoms with Gasteiger partial charge in [0, 0.05) is 5.56 Å². The van der Waals surface area contributed by atoms with Gasteiger partial charge in [0.25, 0.3) is 0 Å². The summed E-state index contributed by atoms with van der Waals surface area (Å²) in [5, 5.41) is 3.38. The molecular weight excluding hydrogens is 229 g/mol. The van der Waals surface area contributed by atoms with E-state index in [1.807, 2.05) is 13.0 Å². The first kappa shape index (κ1) is 11.0. The van der Waals surface area contributed by atoms with Gasteiger partial charge in [-0.05, 0) is 25.1 Å². The number of anilines is 1. The van der Waals surface area contributed by atoms with Gasteiger partial charge in [0.05, 0.1) is 29.3 Å². The van der Waals surface area contributed by atoms with Crippen LogP contribution in [-0.2, 0) is 0 Å². The number of benzene rings is 1. The molecule has 0 aliphatic carbocycles. The van der Waals surface area contributed by atoms with Gasteiger partial charge in [-0.3, -0.25) is 0 Å². The molecule has 1 N–H and O–H groups in total. The van der Waals surface area contributed by atoms with Crippen LogP contribution >= 0.6 is 11.6 Å². The van der Waals surface area contributed by atoms with Crippen LogP contribution in [0.5, 0.6) is 0 Å². The fourth-order valence-electron chi connectivity index (χ4n) is 1.46. The minimum absolute atomic E-state index is 0.0619. The normalized spacial score (nSPS) is 12.4. The lowest BCUT2D eigenvalue weighted by Gasteiger charge is -2.15. The average Bonchev–Trinajstić information content (AvgIpc) is 2.76. The third-order valence-corrected chi connectivity index (χ3v) is 2.68. The van der Waals surface area contributed by atoms with Gasteiger partial charge in [0.15, 0.2) is 0 Å². The maximum atomic E-state index is 13.5. The molecule has 4 heteroatoms. The quantitative estimate of drug-likeness (QED) is 0.867. The number of hydrogen-bond donors (Lipinski definition) is 1. The van der Waals surface area contributed by atoms with Gasteiger partial charge in [-0.15, -0.1) is 0 Å². The van der Waals surface area contributed by atoms with Crippen molar-refractivity contribution in [3.8, 4) is 0 Å². The molecule has 1 aromatic heterocycles. The van der Waals surface area contributed by atoms with Crippen LogP contribution in [0.15, 0.2) is 41.2 Å². The highest BCUT2D eigenvalue weighted by Gasteiger charge is 2.11. The summed E-state index contributed by atoms with van der Waals surface area (Å²) in [6.07, 6.45) is 3.20. The zero-order valence-electron chi connectivity index (χ0n) is 8.71. The second-order valence-electron chi connectivity index (χ2n) is 3.52. The van der Waals surface area contributed by atoms with Crippen LogP contribution in [0.2, 0.25) is 5.02 Å². The molecule has 1 unspecified atom stereocenters. The molecule has 84 valence electrons. The summed E-state index contributed by atoms with van der Waals surface area (Å²) in [5.74, 6) is -0.358. The van der Waals surface area contributed by atoms with E-state index in [1.54, 1.807) is 24.7 Å². The van der Waals surface area contributed by atoms with Crippen molar-refractivity contribution in [2.45, 2.75) is 13.0 Å². The Kier molecular flexibility index (Phi) is 3.15. The number of halogens is 2. The molecule has 0 saturated heterocycles. The highest BCUT2D eigenvalue weighted by Crippen LogP contribution is 2.28. The van der Waals surface area contributed by atoms with E-state index in [0.29, 0.717) is 10.7 Å². The molecule has 0 spiro atoms. The molecule has 1 aromatic carbocycles. The van der Waals surface area contributed by atoms with Crippen LogP contribution in [0.25, 0.3) is 0 Å². The fraction of sp³-hybridized carbons (Fsp3) is 0.167. The molecule has 2 aromatic rings. The Balaban J connectivity index is 2.21. The molecular formula is C12H11ClFNO. The summed E-state index contributed by atoms with van der Waals surface area (Å²) >= 11 is 5.91. The minimum atomic E-state index is -0.358. The SMILES string of the molecule is CC(Nc1c(F)cccc1Cl)c1ccoc1. The van der Waals surface area contributed by atoms with E-state index in [9.17, 15) is 4.39 Å². The smallest absolute Gasteiger partial charge is 0.147 e. The summed E-state index contributed by atoms with van der Waals surface area (Å²) in [6.45, 7) is 1.91. The van der Waals surface area contributed by atoms with E-state index in [4.69, 9.17) is 16.0 Å². The molecule has 16 heavy (non-hydrogen) atoms. The molecule has 0 amide bonds. The Hall–Kier alpha value is -1.48. The fourth-order valence-corrected chi connectivity index (χ4v) is 1.67. The first-order chi connectivity index (χ1) is 7.68. The summed E-state index contributed by atoms with van der Waals surface area (Å²) in [7, 11) is 0. The Morgan fingerprint density at radius 1 is 1.38 bits per heavy atom. The molecule has 2 rings (SSSR count). The number of hydrogen-bond acceptors (Lipinski definition) is 2. The zero-order chi connectivity index (χ0) is 11.5. The lowest BCUT2D eigenvalue weighted by Crippen LogP contribution is -2.07. The van der Waals surface area contributed by atoms with E-state index in [2.05, 4.69) is 5.32 Å². The number of rotatable bonds is 3. The van der Waals surface area contributed by atoms with Crippen LogP contribution in [0, 0.1) is 5.82 Å². The second kappa shape index (κ2) is 4.58. The Morgan fingerprint density at radius 3 is 2.81 bits per heavy atom. The first-order valence-corrected chi connectivity index (χ1v) is 5.29. The number of para-hydroxylation sites is 1. The lowest BCUT2D eigenvalue weighted by atomic mass is 10.1. The maximum Gasteiger partial charge on any atom is 0.147 e. The molecule has 0 radical (unpaired) electrons. The second-order valence-corrected chi connectivity index (χ2v) is 3.93. The summed E-state index contributed by atoms with van der Waals surface area (Å²) in [5.41, 5.74) is 1.26. The number of furan rings is 1. The van der Waals surface area contributed by atoms with Gasteiger partial charge in [0.1, 0.15) is 5.82 Å². The van der Waals surface area contributed by atoms with Crippen LogP contribution in [0.1, 0.15) is 18.5 Å². The van der Waals surface area contributed by atoms with Gasteiger partial charge < -0.3 is 9.73 Å². The van der Waals surface area contributed by atoms with Gasteiger partial charge in [-0.25, -0.2) is 4.39 Å². The monoisotopic (exact) mass is 239 g/mol. The van der Waals surface area contributed by atoms with E-state index < -0.39 is 0 Å². The van der Waals surface area contributed by atoms with E-state index in [0.717, 1.165) is 5.56 Å². The van der Waals surface area contributed by atoms with Crippen molar-refractivity contribution in [2.75, 3.05) is 5.32 Å². The zero-order valence-corrected chi connectivity index (χ0v) is 9.46. The van der Waals surface area contributed by atoms with Gasteiger partial charge in [-0.2, -0.15) is 0 Å². The largest absolute Gasteiger partial charge is 0.472 e. The summed E-state index contributed by atoms with van der Waals surface area (Å²) in [4.78, 5) is 0. The Morgan fingerprint density at radius 2 is 2.19 bits per heavy atom. The Bertz CT molecular complexity index is 450. The highest BCUT2D eigenvalue weighted by atomic mass is 35.5. The van der Waals surface area contributed by atoms with Crippen LogP contribution < -0.4 is 5.32 Å². The molecule has 2 nitrogen and oxygen atoms in total. The van der Waals surface area contributed by atoms with Crippen molar-refractivity contribution in [1.29, 1.82) is 0 Å². The van der Waals surface area contributed by atoms with Crippen LogP contribution in [0.3, 0.4) is 0 Å². The van der Waals surface area contributed by atoms with Crippen molar-refractivity contribution in [3.63, 3.8) is 0 Å². The van der Waals surface area contributed by atoms with Gasteiger partial charge in [0.2, 0.25) is 0 Å². The Labute approximate surface area is 98.0 Å². The molecule has 1 heterocycles. The third kappa shape index (κ3) is 2.19. The van der Waals surface area contributed by atoms with E-state index >= 15 is 0 Å². The van der Waals surface area contributed by atoms with E-state index in [1.165, 1.54) is 6.07 Å². The van der Waals surface area contributed by atoms with Crippen molar-refractivity contribution in [3.05, 3.63) is 53.2 Å². The third-order valence-electron chi connectivity index (χ3n) is 2.37. The summed E-state index contributed by atoms with van der Waals surface area (Å²) < 4.78 is 18.4. The van der Waals surface area contributed by atoms with Crippen molar-refractivity contribution < 1.29 is 8.81 Å². The molecule has 0 aliphatic rings. The molecule has 0 aliphatic heterocycles. The van der Waals surface area contributed by atoms with E-state index in [-0.39, 0.29) is 11.9 Å². The lowest BCUT2D eigenvalue weighted by molar-refractivity contribution is 0.562. The molecule has 0 fully saturated rings. The molecule has 1 atom stereocenters. The first-order valence-electron chi connectivity index (χ1n) is 4.91. The highest BCUT2D eigenvalue weighted by molar-refractivity contribution is 6.33. The van der Waals surface area contributed by atoms with Crippen molar-refractivity contribution in [2.24, 2.45) is 0 Å².